The van der Waals surface area contributed by atoms with E-state index in [0.29, 0.717) is 23.8 Å². The van der Waals surface area contributed by atoms with Crippen LogP contribution in [0.15, 0.2) is 111 Å². The van der Waals surface area contributed by atoms with Crippen molar-refractivity contribution in [3.05, 3.63) is 133 Å². The Balaban J connectivity index is 0.000000151. The summed E-state index contributed by atoms with van der Waals surface area (Å²) in [5.41, 5.74) is 5.50. The van der Waals surface area contributed by atoms with Gasteiger partial charge in [0, 0.05) is 25.8 Å². The molecular formula is C35H31Br3N6O4. The predicted molar refractivity (Wildman–Crippen MR) is 196 cm³/mol. The summed E-state index contributed by atoms with van der Waals surface area (Å²) in [6.45, 7) is 2.48. The molecule has 7 aromatic rings. The van der Waals surface area contributed by atoms with Crippen LogP contribution in [-0.2, 0) is 19.8 Å². The number of ether oxygens (including phenoxy) is 2. The fourth-order valence-electron chi connectivity index (χ4n) is 4.56. The molecule has 0 radical (unpaired) electrons. The number of benzene rings is 3. The molecule has 0 saturated carbocycles. The highest BCUT2D eigenvalue weighted by atomic mass is 79.9. The lowest BCUT2D eigenvalue weighted by Gasteiger charge is -2.08. The molecule has 48 heavy (non-hydrogen) atoms. The average Bonchev–Trinajstić information content (AvgIpc) is 3.76. The third-order valence-corrected chi connectivity index (χ3v) is 8.69. The fraction of sp³-hybridized carbons (Fsp3) is 0.143. The molecule has 10 nitrogen and oxygen atoms in total. The summed E-state index contributed by atoms with van der Waals surface area (Å²) in [4.78, 5) is 8.34. The summed E-state index contributed by atoms with van der Waals surface area (Å²) < 4.78 is 15.5. The normalized spacial score (nSPS) is 10.6. The van der Waals surface area contributed by atoms with Gasteiger partial charge in [-0.2, -0.15) is 10.2 Å². The Bertz CT molecular complexity index is 2120. The monoisotopic (exact) mass is 836 g/mol. The number of halogens is 3. The van der Waals surface area contributed by atoms with Crippen LogP contribution in [0, 0.1) is 6.92 Å². The summed E-state index contributed by atoms with van der Waals surface area (Å²) in [6.07, 6.45) is 3.60. The summed E-state index contributed by atoms with van der Waals surface area (Å²) in [7, 11) is 1.66. The van der Waals surface area contributed by atoms with E-state index < -0.39 is 0 Å². The number of nitrogens with zero attached hydrogens (tertiary/aromatic N) is 5. The van der Waals surface area contributed by atoms with Gasteiger partial charge in [-0.1, -0.05) is 40.2 Å². The number of rotatable bonds is 7. The molecule has 0 aliphatic heterocycles. The van der Waals surface area contributed by atoms with Crippen molar-refractivity contribution >= 4 is 69.6 Å². The molecule has 0 saturated heterocycles. The first-order valence-corrected chi connectivity index (χ1v) is 17.0. The van der Waals surface area contributed by atoms with Crippen molar-refractivity contribution in [2.75, 3.05) is 7.11 Å². The number of pyridine rings is 2. The summed E-state index contributed by atoms with van der Waals surface area (Å²) in [5, 5.41) is 31.2. The highest BCUT2D eigenvalue weighted by molar-refractivity contribution is 9.11. The molecule has 0 atom stereocenters. The lowest BCUT2D eigenvalue weighted by Crippen LogP contribution is -2.01. The van der Waals surface area contributed by atoms with Crippen molar-refractivity contribution in [3.8, 4) is 17.3 Å². The van der Waals surface area contributed by atoms with E-state index in [9.17, 15) is 0 Å². The van der Waals surface area contributed by atoms with Crippen molar-refractivity contribution in [3.63, 3.8) is 0 Å². The van der Waals surface area contributed by atoms with Crippen LogP contribution in [0.3, 0.4) is 0 Å². The minimum atomic E-state index is -0.0736. The first kappa shape index (κ1) is 35.2. The van der Waals surface area contributed by atoms with Gasteiger partial charge in [0.25, 0.3) is 0 Å². The van der Waals surface area contributed by atoms with Crippen molar-refractivity contribution in [2.45, 2.75) is 26.7 Å². The number of methoxy groups -OCH3 is 1. The van der Waals surface area contributed by atoms with E-state index in [1.54, 1.807) is 30.1 Å². The number of hydrogen-bond acceptors (Lipinski definition) is 8. The molecule has 3 aromatic carbocycles. The van der Waals surface area contributed by atoms with E-state index in [1.807, 2.05) is 73.8 Å². The van der Waals surface area contributed by atoms with Crippen LogP contribution in [0.4, 0.5) is 0 Å². The molecule has 4 aromatic heterocycles. The maximum absolute atomic E-state index is 9.16. The van der Waals surface area contributed by atoms with Gasteiger partial charge in [-0.15, -0.1) is 0 Å². The highest BCUT2D eigenvalue weighted by Gasteiger charge is 2.10. The van der Waals surface area contributed by atoms with Crippen molar-refractivity contribution in [2.24, 2.45) is 0 Å². The minimum Gasteiger partial charge on any atom is -0.497 e. The summed E-state index contributed by atoms with van der Waals surface area (Å²) in [6, 6.07) is 26.8. The molecule has 0 aliphatic carbocycles. The van der Waals surface area contributed by atoms with Crippen LogP contribution in [0.2, 0.25) is 0 Å². The second kappa shape index (κ2) is 16.8. The molecule has 0 aliphatic rings. The molecule has 0 fully saturated rings. The quantitative estimate of drug-likeness (QED) is 0.137. The lowest BCUT2D eigenvalue weighted by atomic mass is 10.2. The largest absolute Gasteiger partial charge is 0.497 e. The van der Waals surface area contributed by atoms with Gasteiger partial charge < -0.3 is 19.7 Å². The molecule has 0 amide bonds. The Morgan fingerprint density at radius 3 is 2.17 bits per heavy atom. The van der Waals surface area contributed by atoms with Crippen molar-refractivity contribution < 1.29 is 19.7 Å². The number of aryl methyl sites for hydroxylation is 1. The van der Waals surface area contributed by atoms with E-state index >= 15 is 0 Å². The number of aromatic amines is 1. The Hall–Kier alpha value is -4.14. The number of fused-ring (bicyclic) bond motifs is 2. The second-order valence-corrected chi connectivity index (χ2v) is 12.9. The number of aliphatic hydroxyl groups is 2. The average molecular weight is 839 g/mol. The molecule has 0 unspecified atom stereocenters. The number of hydrogen-bond donors (Lipinski definition) is 3. The van der Waals surface area contributed by atoms with Crippen LogP contribution in [0.5, 0.6) is 11.5 Å². The molecule has 13 heteroatoms. The highest BCUT2D eigenvalue weighted by Crippen LogP contribution is 2.29. The first-order chi connectivity index (χ1) is 23.3. The van der Waals surface area contributed by atoms with E-state index in [-0.39, 0.29) is 13.2 Å². The first-order valence-electron chi connectivity index (χ1n) is 14.6. The molecule has 4 heterocycles. The lowest BCUT2D eigenvalue weighted by molar-refractivity contribution is 0.276. The number of aliphatic hydroxyl groups excluding tert-OH is 2. The summed E-state index contributed by atoms with van der Waals surface area (Å²) in [5.74, 6) is 2.35. The molecular weight excluding hydrogens is 808 g/mol. The Labute approximate surface area is 302 Å². The van der Waals surface area contributed by atoms with Crippen molar-refractivity contribution in [1.82, 2.24) is 29.9 Å². The molecule has 246 valence electrons. The van der Waals surface area contributed by atoms with Gasteiger partial charge in [-0.05, 0) is 105 Å². The molecule has 0 bridgehead atoms. The zero-order valence-electron chi connectivity index (χ0n) is 25.9. The smallest absolute Gasteiger partial charge is 0.154 e. The van der Waals surface area contributed by atoms with Crippen molar-refractivity contribution in [1.29, 1.82) is 0 Å². The van der Waals surface area contributed by atoms with Gasteiger partial charge in [-0.25, -0.2) is 14.6 Å². The Morgan fingerprint density at radius 1 is 0.771 bits per heavy atom. The zero-order valence-corrected chi connectivity index (χ0v) is 30.7. The van der Waals surface area contributed by atoms with E-state index in [2.05, 4.69) is 85.2 Å². The van der Waals surface area contributed by atoms with Gasteiger partial charge >= 0.3 is 0 Å². The molecule has 0 spiro atoms. The number of aromatic nitrogens is 6. The molecule has 7 rings (SSSR count). The van der Waals surface area contributed by atoms with Crippen LogP contribution in [0.25, 0.3) is 27.6 Å². The summed E-state index contributed by atoms with van der Waals surface area (Å²) >= 11 is 10.2. The van der Waals surface area contributed by atoms with Gasteiger partial charge in [-0.3, -0.25) is 5.10 Å². The second-order valence-electron chi connectivity index (χ2n) is 10.4. The SMILES string of the molecule is COc1ccc(COc2cc(Br)c3cn[nH]c3c2)cc1.Cc1cc(Br)c2cnn(-c3cccc(CO)n3)c2c1.OCc1cccc(Br)n1. The molecule has 3 N–H and O–H groups in total. The third-order valence-electron chi connectivity index (χ3n) is 6.93. The maximum Gasteiger partial charge on any atom is 0.154 e. The fourth-order valence-corrected chi connectivity index (χ4v) is 6.15. The van der Waals surface area contributed by atoms with Crippen LogP contribution < -0.4 is 9.47 Å². The van der Waals surface area contributed by atoms with Crippen LogP contribution in [-0.4, -0.2) is 47.3 Å². The predicted octanol–water partition coefficient (Wildman–Crippen LogP) is 8.23. The van der Waals surface area contributed by atoms with E-state index in [0.717, 1.165) is 58.0 Å². The van der Waals surface area contributed by atoms with Gasteiger partial charge in [0.05, 0.1) is 55.1 Å². The minimum absolute atomic E-state index is 0.000556. The van der Waals surface area contributed by atoms with E-state index in [4.69, 9.17) is 19.7 Å². The Kier molecular flexibility index (Phi) is 12.3. The standard InChI is InChI=1S/C15H13BrN2O2.C14H12BrN3O.C6H6BrNO/c1-19-11-4-2-10(3-5-11)9-20-12-6-14(16)13-8-17-18-15(13)7-12;1-9-5-12(15)11-7-16-18(13(11)6-9)14-4-2-3-10(8-19)17-14;7-6-3-1-2-5(4-9)8-6/h2-8H,9H2,1H3,(H,17,18);2-7,19H,8H2,1H3;1-3,9H,4H2. The Morgan fingerprint density at radius 2 is 1.48 bits per heavy atom. The van der Waals surface area contributed by atoms with Crippen LogP contribution >= 0.6 is 47.8 Å². The number of nitrogens with one attached hydrogen (secondary N) is 1. The number of H-pyrrole nitrogens is 1. The third kappa shape index (κ3) is 9.05. The van der Waals surface area contributed by atoms with E-state index in [1.165, 1.54) is 0 Å². The van der Waals surface area contributed by atoms with Gasteiger partial charge in [0.1, 0.15) is 22.7 Å². The van der Waals surface area contributed by atoms with Gasteiger partial charge in [0.15, 0.2) is 5.82 Å². The topological polar surface area (TPSA) is 131 Å². The maximum atomic E-state index is 9.16. The van der Waals surface area contributed by atoms with Gasteiger partial charge in [0.2, 0.25) is 0 Å². The zero-order chi connectivity index (χ0) is 34.0. The van der Waals surface area contributed by atoms with Crippen LogP contribution in [0.1, 0.15) is 22.5 Å².